The van der Waals surface area contributed by atoms with Crippen molar-refractivity contribution in [1.29, 1.82) is 0 Å². The largest absolute Gasteiger partial charge is 0.348 e. The summed E-state index contributed by atoms with van der Waals surface area (Å²) in [6.07, 6.45) is 10.8. The van der Waals surface area contributed by atoms with Gasteiger partial charge >= 0.3 is 0 Å². The first-order chi connectivity index (χ1) is 17.4. The maximum absolute atomic E-state index is 13.6. The maximum Gasteiger partial charge on any atom is 0.272 e. The number of hydrogen-bond acceptors (Lipinski definition) is 2. The van der Waals surface area contributed by atoms with Crippen molar-refractivity contribution in [2.24, 2.45) is 5.92 Å². The topological polar surface area (TPSA) is 46.9 Å². The highest BCUT2D eigenvalue weighted by Crippen LogP contribution is 2.37. The molecular formula is C30H33ClFN3O. The van der Waals surface area contributed by atoms with Gasteiger partial charge in [-0.2, -0.15) is 5.10 Å². The van der Waals surface area contributed by atoms with Crippen molar-refractivity contribution < 1.29 is 9.18 Å². The molecule has 5 rings (SSSR count). The summed E-state index contributed by atoms with van der Waals surface area (Å²) in [5, 5.41) is 8.86. The van der Waals surface area contributed by atoms with Crippen LogP contribution in [0.15, 0.2) is 42.5 Å². The van der Waals surface area contributed by atoms with Gasteiger partial charge < -0.3 is 5.32 Å². The number of nitrogens with zero attached hydrogens (tertiary/aromatic N) is 2. The van der Waals surface area contributed by atoms with Crippen LogP contribution in [-0.2, 0) is 6.42 Å². The Morgan fingerprint density at radius 1 is 1.11 bits per heavy atom. The second-order valence-corrected chi connectivity index (χ2v) is 10.7. The van der Waals surface area contributed by atoms with E-state index in [9.17, 15) is 9.18 Å². The zero-order chi connectivity index (χ0) is 25.2. The summed E-state index contributed by atoms with van der Waals surface area (Å²) in [5.74, 6) is 0.167. The highest BCUT2D eigenvalue weighted by Gasteiger charge is 2.30. The number of halogens is 2. The number of amides is 1. The Kier molecular flexibility index (Phi) is 7.29. The van der Waals surface area contributed by atoms with Gasteiger partial charge in [-0.1, -0.05) is 43.0 Å². The monoisotopic (exact) mass is 505 g/mol. The highest BCUT2D eigenvalue weighted by atomic mass is 35.5. The van der Waals surface area contributed by atoms with E-state index in [2.05, 4.69) is 18.3 Å². The number of rotatable bonds is 5. The van der Waals surface area contributed by atoms with Crippen molar-refractivity contribution in [1.82, 2.24) is 15.1 Å². The van der Waals surface area contributed by atoms with Crippen LogP contribution in [0, 0.1) is 18.7 Å². The lowest BCUT2D eigenvalue weighted by atomic mass is 9.84. The fourth-order valence-corrected chi connectivity index (χ4v) is 5.96. The molecule has 0 radical (unpaired) electrons. The zero-order valence-corrected chi connectivity index (χ0v) is 21.7. The lowest BCUT2D eigenvalue weighted by molar-refractivity contribution is 0.0912. The van der Waals surface area contributed by atoms with Crippen molar-refractivity contribution in [3.8, 4) is 5.69 Å². The van der Waals surface area contributed by atoms with Gasteiger partial charge in [0.15, 0.2) is 5.69 Å². The maximum atomic E-state index is 13.6. The van der Waals surface area contributed by atoms with Gasteiger partial charge in [-0.25, -0.2) is 9.07 Å². The molecule has 1 saturated carbocycles. The van der Waals surface area contributed by atoms with Crippen LogP contribution >= 0.6 is 11.6 Å². The molecular weight excluding hydrogens is 473 g/mol. The lowest BCUT2D eigenvalue weighted by Crippen LogP contribution is -2.39. The minimum absolute atomic E-state index is 0.0993. The van der Waals surface area contributed by atoms with E-state index >= 15 is 0 Å². The van der Waals surface area contributed by atoms with Crippen molar-refractivity contribution in [2.75, 3.05) is 0 Å². The summed E-state index contributed by atoms with van der Waals surface area (Å²) in [6, 6.07) is 12.4. The van der Waals surface area contributed by atoms with Gasteiger partial charge in [0.25, 0.3) is 5.91 Å². The van der Waals surface area contributed by atoms with E-state index in [-0.39, 0.29) is 17.8 Å². The van der Waals surface area contributed by atoms with E-state index in [1.165, 1.54) is 44.2 Å². The molecule has 2 aliphatic carbocycles. The molecule has 188 valence electrons. The first kappa shape index (κ1) is 24.8. The molecule has 1 atom stereocenters. The van der Waals surface area contributed by atoms with E-state index in [1.807, 2.05) is 29.8 Å². The molecule has 3 aromatic rings. The number of carbonyl (C=O) groups is 1. The number of carbonyl (C=O) groups excluding carboxylic acids is 1. The highest BCUT2D eigenvalue weighted by molar-refractivity contribution is 6.30. The molecule has 0 spiro atoms. The van der Waals surface area contributed by atoms with E-state index in [1.54, 1.807) is 12.1 Å². The van der Waals surface area contributed by atoms with Gasteiger partial charge in [-0.3, -0.25) is 4.79 Å². The third-order valence-corrected chi connectivity index (χ3v) is 7.92. The average Bonchev–Trinajstić information content (AvgIpc) is 3.26. The molecule has 2 aromatic carbocycles. The fourth-order valence-electron chi connectivity index (χ4n) is 5.73. The Labute approximate surface area is 217 Å². The predicted molar refractivity (Wildman–Crippen MR) is 144 cm³/mol. The SMILES string of the molecule is Cc1cc(Cl)ccc1-n1nc(C(=O)N[C@H](C)C2CCCCC2)c2c1/C(=C/c1ccc(F)cc1)CCC2. The molecule has 1 heterocycles. The fraction of sp³-hybridized carbons (Fsp3) is 0.400. The van der Waals surface area contributed by atoms with Crippen LogP contribution < -0.4 is 5.32 Å². The molecule has 2 aliphatic rings. The quantitative estimate of drug-likeness (QED) is 0.389. The molecule has 6 heteroatoms. The summed E-state index contributed by atoms with van der Waals surface area (Å²) in [4.78, 5) is 13.6. The van der Waals surface area contributed by atoms with E-state index in [0.717, 1.165) is 52.9 Å². The Morgan fingerprint density at radius 2 is 1.86 bits per heavy atom. The Bertz CT molecular complexity index is 1290. The molecule has 0 unspecified atom stereocenters. The molecule has 0 bridgehead atoms. The van der Waals surface area contributed by atoms with E-state index in [0.29, 0.717) is 16.6 Å². The molecule has 0 saturated heterocycles. The van der Waals surface area contributed by atoms with Gasteiger partial charge in [0.2, 0.25) is 0 Å². The Balaban J connectivity index is 1.57. The lowest BCUT2D eigenvalue weighted by Gasteiger charge is -2.28. The third-order valence-electron chi connectivity index (χ3n) is 7.69. The van der Waals surface area contributed by atoms with Gasteiger partial charge in [0.1, 0.15) is 5.82 Å². The van der Waals surface area contributed by atoms with Crippen LogP contribution in [0.5, 0.6) is 0 Å². The summed E-state index contributed by atoms with van der Waals surface area (Å²) >= 11 is 6.25. The standard InChI is InChI=1S/C30H33ClFN3O/c1-19-17-24(31)13-16-27(19)35-29-23(18-21-11-14-25(32)15-12-21)9-6-10-26(29)28(34-35)30(36)33-20(2)22-7-4-3-5-8-22/h11-18,20,22H,3-10H2,1-2H3,(H,33,36)/b23-18+/t20-/m1/s1. The van der Waals surface area contributed by atoms with Crippen LogP contribution in [0.2, 0.25) is 5.02 Å². The zero-order valence-electron chi connectivity index (χ0n) is 21.0. The van der Waals surface area contributed by atoms with Crippen LogP contribution in [0.3, 0.4) is 0 Å². The van der Waals surface area contributed by atoms with E-state index < -0.39 is 0 Å². The second kappa shape index (κ2) is 10.6. The smallest absolute Gasteiger partial charge is 0.272 e. The second-order valence-electron chi connectivity index (χ2n) is 10.3. The van der Waals surface area contributed by atoms with Crippen molar-refractivity contribution in [3.63, 3.8) is 0 Å². The predicted octanol–water partition coefficient (Wildman–Crippen LogP) is 7.55. The molecule has 0 aliphatic heterocycles. The summed E-state index contributed by atoms with van der Waals surface area (Å²) < 4.78 is 15.4. The van der Waals surface area contributed by atoms with Gasteiger partial charge in [-0.15, -0.1) is 0 Å². The summed E-state index contributed by atoms with van der Waals surface area (Å²) in [5.41, 5.74) is 6.38. The van der Waals surface area contributed by atoms with Crippen LogP contribution in [0.1, 0.15) is 84.7 Å². The number of nitrogens with one attached hydrogen (secondary N) is 1. The van der Waals surface area contributed by atoms with Crippen molar-refractivity contribution in [2.45, 2.75) is 71.3 Å². The number of aryl methyl sites for hydroxylation is 1. The number of allylic oxidation sites excluding steroid dienone is 1. The molecule has 1 amide bonds. The molecule has 1 fully saturated rings. The van der Waals surface area contributed by atoms with Crippen molar-refractivity contribution in [3.05, 3.63) is 81.4 Å². The van der Waals surface area contributed by atoms with E-state index in [4.69, 9.17) is 16.7 Å². The molecule has 1 N–H and O–H groups in total. The van der Waals surface area contributed by atoms with Crippen LogP contribution in [-0.4, -0.2) is 21.7 Å². The number of hydrogen-bond donors (Lipinski definition) is 1. The Hall–Kier alpha value is -2.92. The molecule has 36 heavy (non-hydrogen) atoms. The number of aromatic nitrogens is 2. The Morgan fingerprint density at radius 3 is 2.58 bits per heavy atom. The number of fused-ring (bicyclic) bond motifs is 1. The minimum atomic E-state index is -0.255. The van der Waals surface area contributed by atoms with Crippen LogP contribution in [0.25, 0.3) is 17.3 Å². The van der Waals surface area contributed by atoms with Gasteiger partial charge in [0, 0.05) is 16.6 Å². The average molecular weight is 506 g/mol. The number of benzene rings is 2. The first-order valence-electron chi connectivity index (χ1n) is 13.1. The van der Waals surface area contributed by atoms with Crippen LogP contribution in [0.4, 0.5) is 4.39 Å². The third kappa shape index (κ3) is 5.12. The minimum Gasteiger partial charge on any atom is -0.348 e. The molecule has 4 nitrogen and oxygen atoms in total. The van der Waals surface area contributed by atoms with Gasteiger partial charge in [-0.05, 0) is 105 Å². The van der Waals surface area contributed by atoms with Crippen molar-refractivity contribution >= 4 is 29.2 Å². The summed E-state index contributed by atoms with van der Waals surface area (Å²) in [7, 11) is 0. The first-order valence-corrected chi connectivity index (χ1v) is 13.4. The normalized spacial score (nSPS) is 18.2. The van der Waals surface area contributed by atoms with Gasteiger partial charge in [0.05, 0.1) is 11.4 Å². The molecule has 1 aromatic heterocycles. The summed E-state index contributed by atoms with van der Waals surface area (Å²) in [6.45, 7) is 4.13.